The first-order valence-electron chi connectivity index (χ1n) is 12.3. The molecule has 3 aromatic rings. The molecule has 0 spiro atoms. The van der Waals surface area contributed by atoms with Gasteiger partial charge in [0, 0.05) is 16.3 Å². The fraction of sp³-hybridized carbons (Fsp3) is 0.300. The third kappa shape index (κ3) is 5.71. The van der Waals surface area contributed by atoms with E-state index in [0.29, 0.717) is 19.0 Å². The number of anilines is 2. The predicted octanol–water partition coefficient (Wildman–Crippen LogP) is 7.51. The number of allylic oxidation sites excluding steroid dienone is 1. The van der Waals surface area contributed by atoms with Gasteiger partial charge in [0.25, 0.3) is 0 Å². The van der Waals surface area contributed by atoms with Crippen molar-refractivity contribution in [1.82, 2.24) is 0 Å². The summed E-state index contributed by atoms with van der Waals surface area (Å²) in [6.45, 7) is 11.2. The van der Waals surface area contributed by atoms with Crippen LogP contribution in [0.4, 0.5) is 11.4 Å². The fourth-order valence-corrected chi connectivity index (χ4v) is 5.12. The molecule has 0 radical (unpaired) electrons. The molecule has 0 aliphatic carbocycles. The summed E-state index contributed by atoms with van der Waals surface area (Å²) < 4.78 is 16.8. The van der Waals surface area contributed by atoms with Gasteiger partial charge >= 0.3 is 5.97 Å². The molecule has 0 bridgehead atoms. The van der Waals surface area contributed by atoms with E-state index >= 15 is 0 Å². The maximum Gasteiger partial charge on any atom is 0.349 e. The number of para-hydroxylation sites is 1. The molecule has 0 amide bonds. The maximum atomic E-state index is 12.0. The van der Waals surface area contributed by atoms with Crippen LogP contribution in [0.25, 0.3) is 5.57 Å². The van der Waals surface area contributed by atoms with Crippen LogP contribution in [0.15, 0.2) is 82.6 Å². The Bertz CT molecular complexity index is 1250. The second kappa shape index (κ2) is 11.1. The van der Waals surface area contributed by atoms with Gasteiger partial charge in [-0.3, -0.25) is 0 Å². The van der Waals surface area contributed by atoms with E-state index < -0.39 is 11.6 Å². The number of hydrogen-bond acceptors (Lipinski definition) is 6. The highest BCUT2D eigenvalue weighted by atomic mass is 32.2. The van der Waals surface area contributed by atoms with Crippen molar-refractivity contribution in [3.8, 4) is 11.5 Å². The fourth-order valence-electron chi connectivity index (χ4n) is 4.04. The minimum atomic E-state index is -1.05. The molecule has 0 aromatic heterocycles. The average molecular weight is 504 g/mol. The first-order valence-corrected chi connectivity index (χ1v) is 13.1. The second-order valence-electron chi connectivity index (χ2n) is 9.00. The van der Waals surface area contributed by atoms with Gasteiger partial charge in [0.15, 0.2) is 5.60 Å². The Morgan fingerprint density at radius 2 is 1.64 bits per heavy atom. The van der Waals surface area contributed by atoms with E-state index in [4.69, 9.17) is 14.2 Å². The highest BCUT2D eigenvalue weighted by molar-refractivity contribution is 7.99. The molecule has 0 N–H and O–H groups in total. The van der Waals surface area contributed by atoms with Gasteiger partial charge in [-0.05, 0) is 100 Å². The van der Waals surface area contributed by atoms with Gasteiger partial charge in [0.2, 0.25) is 0 Å². The highest BCUT2D eigenvalue weighted by Crippen LogP contribution is 2.48. The van der Waals surface area contributed by atoms with Crippen LogP contribution >= 0.6 is 11.8 Å². The molecule has 1 aliphatic rings. The molecular formula is C30H33NO4S. The van der Waals surface area contributed by atoms with E-state index in [1.807, 2.05) is 23.9 Å². The molecule has 1 heterocycles. The summed E-state index contributed by atoms with van der Waals surface area (Å²) in [7, 11) is 0. The number of fused-ring (bicyclic) bond motifs is 2. The lowest BCUT2D eigenvalue weighted by Crippen LogP contribution is -2.39. The summed E-state index contributed by atoms with van der Waals surface area (Å²) in [5.41, 5.74) is 3.79. The van der Waals surface area contributed by atoms with Crippen molar-refractivity contribution >= 4 is 34.7 Å². The zero-order valence-electron chi connectivity index (χ0n) is 21.5. The Balaban J connectivity index is 1.39. The molecular weight excluding hydrogens is 470 g/mol. The lowest BCUT2D eigenvalue weighted by molar-refractivity contribution is -0.158. The first-order chi connectivity index (χ1) is 17.3. The largest absolute Gasteiger partial charge is 0.490 e. The second-order valence-corrected chi connectivity index (χ2v) is 10.1. The third-order valence-electron chi connectivity index (χ3n) is 6.00. The van der Waals surface area contributed by atoms with Gasteiger partial charge in [-0.2, -0.15) is 0 Å². The van der Waals surface area contributed by atoms with E-state index in [1.165, 1.54) is 26.7 Å². The van der Waals surface area contributed by atoms with Crippen LogP contribution in [0.1, 0.15) is 40.2 Å². The average Bonchev–Trinajstić information content (AvgIpc) is 2.87. The van der Waals surface area contributed by atoms with Gasteiger partial charge in [-0.25, -0.2) is 4.79 Å². The van der Waals surface area contributed by atoms with E-state index in [9.17, 15) is 4.79 Å². The van der Waals surface area contributed by atoms with Crippen LogP contribution in [0, 0.1) is 0 Å². The Morgan fingerprint density at radius 3 is 2.36 bits per heavy atom. The van der Waals surface area contributed by atoms with Crippen LogP contribution < -0.4 is 14.4 Å². The monoisotopic (exact) mass is 503 g/mol. The molecule has 3 aromatic carbocycles. The minimum absolute atomic E-state index is 0.320. The normalized spacial score (nSPS) is 13.0. The van der Waals surface area contributed by atoms with E-state index in [-0.39, 0.29) is 0 Å². The van der Waals surface area contributed by atoms with E-state index in [2.05, 4.69) is 67.3 Å². The van der Waals surface area contributed by atoms with Crippen molar-refractivity contribution in [2.75, 3.05) is 24.7 Å². The molecule has 0 atom stereocenters. The van der Waals surface area contributed by atoms with Gasteiger partial charge < -0.3 is 19.1 Å². The van der Waals surface area contributed by atoms with Crippen molar-refractivity contribution in [1.29, 1.82) is 0 Å². The molecule has 0 saturated heterocycles. The number of carbonyl (C=O) groups excluding carboxylic acids is 1. The Kier molecular flexibility index (Phi) is 7.94. The van der Waals surface area contributed by atoms with Crippen LogP contribution in [0.2, 0.25) is 0 Å². The molecule has 0 saturated carbocycles. The molecule has 5 nitrogen and oxygen atoms in total. The molecule has 1 aliphatic heterocycles. The van der Waals surface area contributed by atoms with Crippen LogP contribution in [-0.2, 0) is 9.53 Å². The number of benzene rings is 3. The van der Waals surface area contributed by atoms with Crippen LogP contribution in [0.5, 0.6) is 11.5 Å². The molecule has 6 heteroatoms. The molecule has 188 valence electrons. The first kappa shape index (κ1) is 25.7. The number of hydrogen-bond donors (Lipinski definition) is 0. The maximum absolute atomic E-state index is 12.0. The standard InChI is InChI=1S/C30H33NO4S/c1-6-31-25-10-8-9-11-27(25)36-28-17-12-22(20-26(28)31)21(3)18-19-34-23-13-15-24(16-14-23)35-30(4,5)29(32)33-7-2/h8-18,20H,6-7,19H2,1-5H3. The molecule has 0 fully saturated rings. The van der Waals surface area contributed by atoms with E-state index in [1.54, 1.807) is 32.9 Å². The highest BCUT2D eigenvalue weighted by Gasteiger charge is 2.31. The summed E-state index contributed by atoms with van der Waals surface area (Å²) in [5.74, 6) is 0.926. The number of rotatable bonds is 9. The zero-order chi connectivity index (χ0) is 25.7. The minimum Gasteiger partial charge on any atom is -0.490 e. The number of ether oxygens (including phenoxy) is 3. The van der Waals surface area contributed by atoms with Crippen molar-refractivity contribution in [2.24, 2.45) is 0 Å². The summed E-state index contributed by atoms with van der Waals surface area (Å²) >= 11 is 1.82. The van der Waals surface area contributed by atoms with Crippen molar-refractivity contribution in [3.63, 3.8) is 0 Å². The van der Waals surface area contributed by atoms with E-state index in [0.717, 1.165) is 17.9 Å². The summed E-state index contributed by atoms with van der Waals surface area (Å²) in [4.78, 5) is 17.0. The summed E-state index contributed by atoms with van der Waals surface area (Å²) in [5, 5.41) is 0. The summed E-state index contributed by atoms with van der Waals surface area (Å²) in [6.07, 6.45) is 2.09. The number of carbonyl (C=O) groups is 1. The Morgan fingerprint density at radius 1 is 0.944 bits per heavy atom. The Hall–Kier alpha value is -3.38. The van der Waals surface area contributed by atoms with Crippen LogP contribution in [0.3, 0.4) is 0 Å². The molecule has 4 rings (SSSR count). The lowest BCUT2D eigenvalue weighted by Gasteiger charge is -2.32. The van der Waals surface area contributed by atoms with Crippen LogP contribution in [-0.4, -0.2) is 31.3 Å². The smallest absolute Gasteiger partial charge is 0.349 e. The summed E-state index contributed by atoms with van der Waals surface area (Å²) in [6, 6.07) is 22.5. The predicted molar refractivity (Wildman–Crippen MR) is 147 cm³/mol. The van der Waals surface area contributed by atoms with Gasteiger partial charge in [-0.15, -0.1) is 0 Å². The Labute approximate surface area is 218 Å². The number of esters is 1. The molecule has 0 unspecified atom stereocenters. The van der Waals surface area contributed by atoms with Crippen molar-refractivity contribution in [2.45, 2.75) is 50.0 Å². The quantitative estimate of drug-likeness (QED) is 0.282. The SMILES string of the molecule is CCOC(=O)C(C)(C)Oc1ccc(OCC=C(C)c2ccc3c(c2)N(CC)c2ccccc2S3)cc1. The lowest BCUT2D eigenvalue weighted by atomic mass is 10.1. The van der Waals surface area contributed by atoms with Gasteiger partial charge in [-0.1, -0.05) is 30.0 Å². The zero-order valence-corrected chi connectivity index (χ0v) is 22.4. The third-order valence-corrected chi connectivity index (χ3v) is 7.13. The van der Waals surface area contributed by atoms with Gasteiger partial charge in [0.1, 0.15) is 18.1 Å². The number of nitrogens with zero attached hydrogens (tertiary/aromatic N) is 1. The van der Waals surface area contributed by atoms with Crippen molar-refractivity contribution in [3.05, 3.63) is 78.4 Å². The van der Waals surface area contributed by atoms with Crippen molar-refractivity contribution < 1.29 is 19.0 Å². The molecule has 36 heavy (non-hydrogen) atoms. The topological polar surface area (TPSA) is 48.0 Å². The van der Waals surface area contributed by atoms with Gasteiger partial charge in [0.05, 0.1) is 18.0 Å².